The molecule has 0 amide bonds. The van der Waals surface area contributed by atoms with Gasteiger partial charge in [0.15, 0.2) is 0 Å². The van der Waals surface area contributed by atoms with Crippen LogP contribution in [0.25, 0.3) is 0 Å². The highest BCUT2D eigenvalue weighted by Crippen LogP contribution is 2.28. The van der Waals surface area contributed by atoms with Gasteiger partial charge in [0, 0.05) is 12.3 Å². The van der Waals surface area contributed by atoms with E-state index in [0.717, 1.165) is 12.8 Å². The average molecular weight is 276 g/mol. The van der Waals surface area contributed by atoms with Crippen LogP contribution in [0, 0.1) is 5.41 Å². The zero-order valence-corrected chi connectivity index (χ0v) is 12.8. The summed E-state index contributed by atoms with van der Waals surface area (Å²) >= 11 is 4.16. The fraction of sp³-hybridized carbons (Fsp3) is 0.846. The maximum Gasteiger partial charge on any atom is 0.321 e. The molecule has 0 aromatic carbocycles. The molecule has 0 fully saturated rings. The summed E-state index contributed by atoms with van der Waals surface area (Å²) in [5.41, 5.74) is -0.305. The van der Waals surface area contributed by atoms with Gasteiger partial charge in [-0.1, -0.05) is 13.8 Å². The molecule has 0 aromatic rings. The van der Waals surface area contributed by atoms with Crippen molar-refractivity contribution in [2.75, 3.05) is 13.2 Å². The molecule has 0 radical (unpaired) electrons. The Hall–Kier alpha value is -0.710. The van der Waals surface area contributed by atoms with Crippen molar-refractivity contribution in [1.82, 2.24) is 0 Å². The second kappa shape index (κ2) is 7.02. The van der Waals surface area contributed by atoms with Gasteiger partial charge in [0.25, 0.3) is 0 Å². The third-order valence-corrected chi connectivity index (χ3v) is 3.27. The zero-order valence-electron chi connectivity index (χ0n) is 11.9. The van der Waals surface area contributed by atoms with Crippen molar-refractivity contribution in [2.24, 2.45) is 5.41 Å². The van der Waals surface area contributed by atoms with Crippen molar-refractivity contribution in [3.8, 4) is 0 Å². The van der Waals surface area contributed by atoms with Crippen LogP contribution in [0.1, 0.15) is 47.5 Å². The Morgan fingerprint density at radius 1 is 1.06 bits per heavy atom. The molecule has 0 unspecified atom stereocenters. The normalized spacial score (nSPS) is 12.1. The summed E-state index contributed by atoms with van der Waals surface area (Å²) in [4.78, 5) is 22.6. The second-order valence-electron chi connectivity index (χ2n) is 5.12. The van der Waals surface area contributed by atoms with Gasteiger partial charge < -0.3 is 9.47 Å². The number of rotatable bonds is 7. The Morgan fingerprint density at radius 3 is 1.83 bits per heavy atom. The first kappa shape index (κ1) is 17.3. The van der Waals surface area contributed by atoms with E-state index in [1.165, 1.54) is 6.92 Å². The fourth-order valence-corrected chi connectivity index (χ4v) is 1.41. The number of hydrogen-bond donors (Lipinski definition) is 1. The Bertz CT molecular complexity index is 290. The summed E-state index contributed by atoms with van der Waals surface area (Å²) in [7, 11) is 0. The number of ether oxygens (including phenoxy) is 2. The van der Waals surface area contributed by atoms with Crippen LogP contribution in [-0.4, -0.2) is 29.9 Å². The van der Waals surface area contributed by atoms with Crippen LogP contribution in [0.4, 0.5) is 0 Å². The molecular formula is C13H24O4S. The fourth-order valence-electron chi connectivity index (χ4n) is 1.35. The molecule has 0 aliphatic rings. The standard InChI is InChI=1S/C13H24O4S/c1-6-13(7-2,8-16-10(3)14)9-17-11(15)12(4,5)18/h18H,6-9H2,1-5H3. The highest BCUT2D eigenvalue weighted by Gasteiger charge is 2.32. The summed E-state index contributed by atoms with van der Waals surface area (Å²) in [5.74, 6) is -0.679. The molecule has 4 nitrogen and oxygen atoms in total. The molecule has 0 atom stereocenters. The van der Waals surface area contributed by atoms with Gasteiger partial charge in [0.05, 0.1) is 0 Å². The Kier molecular flexibility index (Phi) is 6.74. The molecule has 18 heavy (non-hydrogen) atoms. The average Bonchev–Trinajstić information content (AvgIpc) is 2.28. The Balaban J connectivity index is 4.52. The topological polar surface area (TPSA) is 52.6 Å². The van der Waals surface area contributed by atoms with Crippen molar-refractivity contribution in [3.05, 3.63) is 0 Å². The smallest absolute Gasteiger partial charge is 0.321 e. The van der Waals surface area contributed by atoms with E-state index in [0.29, 0.717) is 0 Å². The lowest BCUT2D eigenvalue weighted by molar-refractivity contribution is -0.154. The Labute approximate surface area is 115 Å². The quantitative estimate of drug-likeness (QED) is 0.573. The van der Waals surface area contributed by atoms with Crippen LogP contribution < -0.4 is 0 Å². The summed E-state index contributed by atoms with van der Waals surface area (Å²) < 4.78 is 9.53. The van der Waals surface area contributed by atoms with Crippen LogP contribution in [0.2, 0.25) is 0 Å². The molecule has 5 heteroatoms. The van der Waals surface area contributed by atoms with Gasteiger partial charge >= 0.3 is 11.9 Å². The van der Waals surface area contributed by atoms with E-state index in [9.17, 15) is 9.59 Å². The number of esters is 2. The van der Waals surface area contributed by atoms with Crippen molar-refractivity contribution >= 4 is 24.6 Å². The van der Waals surface area contributed by atoms with Gasteiger partial charge in [0.1, 0.15) is 18.0 Å². The summed E-state index contributed by atoms with van der Waals surface area (Å²) in [6, 6.07) is 0. The van der Waals surface area contributed by atoms with E-state index < -0.39 is 4.75 Å². The van der Waals surface area contributed by atoms with Crippen molar-refractivity contribution in [3.63, 3.8) is 0 Å². The lowest BCUT2D eigenvalue weighted by atomic mass is 9.84. The van der Waals surface area contributed by atoms with Crippen LogP contribution in [0.3, 0.4) is 0 Å². The number of thiol groups is 1. The predicted octanol–water partition coefficient (Wildman–Crippen LogP) is 2.61. The lowest BCUT2D eigenvalue weighted by Crippen LogP contribution is -2.36. The van der Waals surface area contributed by atoms with E-state index in [4.69, 9.17) is 9.47 Å². The summed E-state index contributed by atoms with van der Waals surface area (Å²) in [6.07, 6.45) is 1.55. The summed E-state index contributed by atoms with van der Waals surface area (Å²) in [5, 5.41) is 0. The van der Waals surface area contributed by atoms with Crippen LogP contribution in [0.5, 0.6) is 0 Å². The van der Waals surface area contributed by atoms with Gasteiger partial charge in [-0.2, -0.15) is 12.6 Å². The van der Waals surface area contributed by atoms with E-state index in [1.807, 2.05) is 13.8 Å². The molecule has 0 saturated heterocycles. The third-order valence-electron chi connectivity index (χ3n) is 3.09. The third kappa shape index (κ3) is 5.76. The molecule has 0 N–H and O–H groups in total. The Morgan fingerprint density at radius 2 is 1.50 bits per heavy atom. The number of hydrogen-bond acceptors (Lipinski definition) is 5. The maximum absolute atomic E-state index is 11.7. The molecule has 0 saturated carbocycles. The predicted molar refractivity (Wildman–Crippen MR) is 73.7 cm³/mol. The maximum atomic E-state index is 11.7. The van der Waals surface area contributed by atoms with Crippen molar-refractivity contribution in [1.29, 1.82) is 0 Å². The lowest BCUT2D eigenvalue weighted by Gasteiger charge is -2.31. The monoisotopic (exact) mass is 276 g/mol. The van der Waals surface area contributed by atoms with E-state index in [1.54, 1.807) is 13.8 Å². The SMILES string of the molecule is CCC(CC)(COC(C)=O)COC(=O)C(C)(C)S. The summed E-state index contributed by atoms with van der Waals surface area (Å²) in [6.45, 7) is 9.25. The van der Waals surface area contributed by atoms with Crippen LogP contribution in [-0.2, 0) is 19.1 Å². The molecule has 0 rings (SSSR count). The van der Waals surface area contributed by atoms with Crippen LogP contribution in [0.15, 0.2) is 0 Å². The molecule has 0 bridgehead atoms. The largest absolute Gasteiger partial charge is 0.465 e. The minimum absolute atomic E-state index is 0.246. The van der Waals surface area contributed by atoms with Gasteiger partial charge in [-0.25, -0.2) is 0 Å². The molecule has 106 valence electrons. The second-order valence-corrected chi connectivity index (χ2v) is 6.24. The van der Waals surface area contributed by atoms with Gasteiger partial charge in [-0.05, 0) is 26.7 Å². The van der Waals surface area contributed by atoms with Crippen molar-refractivity contribution < 1.29 is 19.1 Å². The minimum atomic E-state index is -0.811. The van der Waals surface area contributed by atoms with Gasteiger partial charge in [0.2, 0.25) is 0 Å². The highest BCUT2D eigenvalue weighted by atomic mass is 32.1. The van der Waals surface area contributed by atoms with E-state index in [-0.39, 0.29) is 30.6 Å². The van der Waals surface area contributed by atoms with E-state index in [2.05, 4.69) is 12.6 Å². The zero-order chi connectivity index (χ0) is 14.4. The highest BCUT2D eigenvalue weighted by molar-refractivity contribution is 7.82. The van der Waals surface area contributed by atoms with E-state index >= 15 is 0 Å². The van der Waals surface area contributed by atoms with Gasteiger partial charge in [-0.3, -0.25) is 9.59 Å². The van der Waals surface area contributed by atoms with Crippen LogP contribution >= 0.6 is 12.6 Å². The first-order valence-electron chi connectivity index (χ1n) is 6.20. The molecular weight excluding hydrogens is 252 g/mol. The number of carbonyl (C=O) groups excluding carboxylic acids is 2. The minimum Gasteiger partial charge on any atom is -0.465 e. The number of carbonyl (C=O) groups is 2. The molecule has 0 spiro atoms. The first-order valence-corrected chi connectivity index (χ1v) is 6.64. The molecule has 0 aliphatic heterocycles. The molecule has 0 aliphatic carbocycles. The van der Waals surface area contributed by atoms with Gasteiger partial charge in [-0.15, -0.1) is 0 Å². The molecule has 0 heterocycles. The first-order chi connectivity index (χ1) is 8.17. The van der Waals surface area contributed by atoms with Crippen molar-refractivity contribution in [2.45, 2.75) is 52.2 Å². The molecule has 0 aromatic heterocycles.